The maximum Gasteiger partial charge on any atom is 0.150 e. The van der Waals surface area contributed by atoms with Gasteiger partial charge in [-0.25, -0.2) is 0 Å². The van der Waals surface area contributed by atoms with Crippen molar-refractivity contribution in [1.29, 1.82) is 0 Å². The van der Waals surface area contributed by atoms with Crippen LogP contribution in [-0.2, 0) is 0 Å². The van der Waals surface area contributed by atoms with E-state index in [0.29, 0.717) is 5.56 Å². The van der Waals surface area contributed by atoms with Crippen LogP contribution in [0.25, 0.3) is 0 Å². The van der Waals surface area contributed by atoms with Crippen LogP contribution in [0.4, 0.5) is 0 Å². The molecule has 0 N–H and O–H groups in total. The van der Waals surface area contributed by atoms with Crippen molar-refractivity contribution in [2.75, 3.05) is 13.1 Å². The lowest BCUT2D eigenvalue weighted by Crippen LogP contribution is -2.34. The standard InChI is InChI=1S/C13H17NO2/c1-11(14-7-2-3-8-14)16-13-6-4-5-12(9-13)10-15/h4-6,9-11H,2-3,7-8H2,1H3. The first kappa shape index (κ1) is 11.1. The van der Waals surface area contributed by atoms with Gasteiger partial charge in [0.25, 0.3) is 0 Å². The summed E-state index contributed by atoms with van der Waals surface area (Å²) in [6.07, 6.45) is 3.43. The summed E-state index contributed by atoms with van der Waals surface area (Å²) in [4.78, 5) is 12.9. The van der Waals surface area contributed by atoms with Crippen molar-refractivity contribution in [3.8, 4) is 5.75 Å². The maximum atomic E-state index is 10.6. The molecule has 2 rings (SSSR count). The number of aldehydes is 1. The SMILES string of the molecule is CC(Oc1cccc(C=O)c1)N1CCCC1. The molecule has 1 aliphatic rings. The van der Waals surface area contributed by atoms with Gasteiger partial charge in [0, 0.05) is 18.7 Å². The quantitative estimate of drug-likeness (QED) is 0.728. The Hall–Kier alpha value is -1.35. The molecule has 16 heavy (non-hydrogen) atoms. The molecular weight excluding hydrogens is 202 g/mol. The third-order valence-corrected chi connectivity index (χ3v) is 2.96. The van der Waals surface area contributed by atoms with Crippen molar-refractivity contribution in [2.24, 2.45) is 0 Å². The Morgan fingerprint density at radius 2 is 2.12 bits per heavy atom. The Bertz CT molecular complexity index is 359. The lowest BCUT2D eigenvalue weighted by atomic mass is 10.2. The molecule has 0 bridgehead atoms. The molecule has 3 nitrogen and oxygen atoms in total. The highest BCUT2D eigenvalue weighted by Gasteiger charge is 2.18. The molecular formula is C13H17NO2. The van der Waals surface area contributed by atoms with Crippen molar-refractivity contribution in [3.63, 3.8) is 0 Å². The number of carbonyl (C=O) groups is 1. The molecule has 1 aromatic carbocycles. The van der Waals surface area contributed by atoms with Crippen molar-refractivity contribution < 1.29 is 9.53 Å². The molecule has 0 aliphatic carbocycles. The number of rotatable bonds is 4. The van der Waals surface area contributed by atoms with Gasteiger partial charge in [0.1, 0.15) is 18.3 Å². The van der Waals surface area contributed by atoms with E-state index in [4.69, 9.17) is 4.74 Å². The number of ether oxygens (including phenoxy) is 1. The molecule has 86 valence electrons. The smallest absolute Gasteiger partial charge is 0.150 e. The van der Waals surface area contributed by atoms with E-state index < -0.39 is 0 Å². The lowest BCUT2D eigenvalue weighted by molar-refractivity contribution is 0.0591. The first-order valence-corrected chi connectivity index (χ1v) is 5.75. The largest absolute Gasteiger partial charge is 0.475 e. The minimum atomic E-state index is 0.0874. The van der Waals surface area contributed by atoms with Gasteiger partial charge in [0.2, 0.25) is 0 Å². The molecule has 1 aromatic rings. The molecule has 1 heterocycles. The lowest BCUT2D eigenvalue weighted by Gasteiger charge is -2.24. The van der Waals surface area contributed by atoms with Crippen molar-refractivity contribution in [2.45, 2.75) is 26.0 Å². The van der Waals surface area contributed by atoms with Crippen LogP contribution in [0.2, 0.25) is 0 Å². The number of benzene rings is 1. The van der Waals surface area contributed by atoms with Crippen LogP contribution in [0.15, 0.2) is 24.3 Å². The minimum Gasteiger partial charge on any atom is -0.475 e. The summed E-state index contributed by atoms with van der Waals surface area (Å²) >= 11 is 0. The van der Waals surface area contributed by atoms with Crippen LogP contribution in [0.5, 0.6) is 5.75 Å². The van der Waals surface area contributed by atoms with Crippen LogP contribution < -0.4 is 4.74 Å². The van der Waals surface area contributed by atoms with E-state index in [1.54, 1.807) is 12.1 Å². The fraction of sp³-hybridized carbons (Fsp3) is 0.462. The Morgan fingerprint density at radius 3 is 2.81 bits per heavy atom. The number of carbonyl (C=O) groups excluding carboxylic acids is 1. The summed E-state index contributed by atoms with van der Waals surface area (Å²) in [5.74, 6) is 0.768. The third kappa shape index (κ3) is 2.61. The van der Waals surface area contributed by atoms with Gasteiger partial charge in [-0.2, -0.15) is 0 Å². The van der Waals surface area contributed by atoms with Crippen molar-refractivity contribution >= 4 is 6.29 Å². The topological polar surface area (TPSA) is 29.5 Å². The van der Waals surface area contributed by atoms with Crippen molar-refractivity contribution in [1.82, 2.24) is 4.90 Å². The summed E-state index contributed by atoms with van der Waals surface area (Å²) in [6.45, 7) is 4.27. The molecule has 0 amide bonds. The highest BCUT2D eigenvalue weighted by Crippen LogP contribution is 2.18. The van der Waals surface area contributed by atoms with Crippen LogP contribution in [-0.4, -0.2) is 30.5 Å². The summed E-state index contributed by atoms with van der Waals surface area (Å²) in [6, 6.07) is 7.29. The van der Waals surface area contributed by atoms with Gasteiger partial charge >= 0.3 is 0 Å². The van der Waals surface area contributed by atoms with Gasteiger partial charge in [0.05, 0.1) is 0 Å². The molecule has 1 saturated heterocycles. The predicted molar refractivity (Wildman–Crippen MR) is 62.7 cm³/mol. The zero-order valence-electron chi connectivity index (χ0n) is 9.56. The van der Waals surface area contributed by atoms with Gasteiger partial charge in [-0.05, 0) is 31.9 Å². The predicted octanol–water partition coefficient (Wildman–Crippen LogP) is 2.32. The maximum absolute atomic E-state index is 10.6. The molecule has 1 atom stereocenters. The number of hydrogen-bond donors (Lipinski definition) is 0. The monoisotopic (exact) mass is 219 g/mol. The summed E-state index contributed by atoms with van der Waals surface area (Å²) in [5.41, 5.74) is 0.658. The Labute approximate surface area is 96.0 Å². The Balaban J connectivity index is 1.99. The van der Waals surface area contributed by atoms with E-state index in [0.717, 1.165) is 25.1 Å². The fourth-order valence-corrected chi connectivity index (χ4v) is 2.04. The second kappa shape index (κ2) is 5.12. The molecule has 0 aromatic heterocycles. The Kier molecular flexibility index (Phi) is 3.57. The zero-order valence-corrected chi connectivity index (χ0v) is 9.56. The number of nitrogens with zero attached hydrogens (tertiary/aromatic N) is 1. The van der Waals surface area contributed by atoms with Crippen LogP contribution >= 0.6 is 0 Å². The van der Waals surface area contributed by atoms with E-state index >= 15 is 0 Å². The third-order valence-electron chi connectivity index (χ3n) is 2.96. The van der Waals surface area contributed by atoms with E-state index in [1.807, 2.05) is 12.1 Å². The van der Waals surface area contributed by atoms with E-state index in [-0.39, 0.29) is 6.23 Å². The fourth-order valence-electron chi connectivity index (χ4n) is 2.04. The molecule has 3 heteroatoms. The van der Waals surface area contributed by atoms with E-state index in [2.05, 4.69) is 11.8 Å². The molecule has 1 fully saturated rings. The first-order valence-electron chi connectivity index (χ1n) is 5.75. The van der Waals surface area contributed by atoms with Gasteiger partial charge in [-0.3, -0.25) is 9.69 Å². The number of hydrogen-bond acceptors (Lipinski definition) is 3. The molecule has 0 saturated carbocycles. The van der Waals surface area contributed by atoms with Crippen LogP contribution in [0.1, 0.15) is 30.1 Å². The average molecular weight is 219 g/mol. The Morgan fingerprint density at radius 1 is 1.38 bits per heavy atom. The average Bonchev–Trinajstić information content (AvgIpc) is 2.83. The van der Waals surface area contributed by atoms with Gasteiger partial charge in [-0.15, -0.1) is 0 Å². The van der Waals surface area contributed by atoms with Gasteiger partial charge in [0.15, 0.2) is 0 Å². The summed E-state index contributed by atoms with van der Waals surface area (Å²) in [5, 5.41) is 0. The summed E-state index contributed by atoms with van der Waals surface area (Å²) in [7, 11) is 0. The normalized spacial score (nSPS) is 18.3. The van der Waals surface area contributed by atoms with Crippen LogP contribution in [0, 0.1) is 0 Å². The zero-order chi connectivity index (χ0) is 11.4. The molecule has 0 radical (unpaired) electrons. The summed E-state index contributed by atoms with van der Waals surface area (Å²) < 4.78 is 5.81. The highest BCUT2D eigenvalue weighted by atomic mass is 16.5. The van der Waals surface area contributed by atoms with E-state index in [9.17, 15) is 4.79 Å². The number of likely N-dealkylation sites (tertiary alicyclic amines) is 1. The second-order valence-electron chi connectivity index (χ2n) is 4.15. The highest BCUT2D eigenvalue weighted by molar-refractivity contribution is 5.75. The van der Waals surface area contributed by atoms with Crippen molar-refractivity contribution in [3.05, 3.63) is 29.8 Å². The van der Waals surface area contributed by atoms with Gasteiger partial charge < -0.3 is 4.74 Å². The van der Waals surface area contributed by atoms with Crippen LogP contribution in [0.3, 0.4) is 0 Å². The minimum absolute atomic E-state index is 0.0874. The van der Waals surface area contributed by atoms with E-state index in [1.165, 1.54) is 12.8 Å². The molecule has 0 spiro atoms. The van der Waals surface area contributed by atoms with Gasteiger partial charge in [-0.1, -0.05) is 12.1 Å². The second-order valence-corrected chi connectivity index (χ2v) is 4.15. The first-order chi connectivity index (χ1) is 7.79. The molecule has 1 unspecified atom stereocenters. The molecule has 1 aliphatic heterocycles.